The third-order valence-corrected chi connectivity index (χ3v) is 4.71. The summed E-state index contributed by atoms with van der Waals surface area (Å²) in [6, 6.07) is 0.791. The van der Waals surface area contributed by atoms with Crippen LogP contribution in [0.15, 0.2) is 5.38 Å². The van der Waals surface area contributed by atoms with Crippen LogP contribution in [0.1, 0.15) is 12.6 Å². The molecule has 2 saturated heterocycles. The van der Waals surface area contributed by atoms with Crippen molar-refractivity contribution in [3.05, 3.63) is 11.1 Å². The molecule has 0 spiro atoms. The van der Waals surface area contributed by atoms with E-state index in [9.17, 15) is 0 Å². The van der Waals surface area contributed by atoms with Gasteiger partial charge in [0.05, 0.1) is 5.69 Å². The molecule has 94 valence electrons. The average molecular weight is 252 g/mol. The van der Waals surface area contributed by atoms with Gasteiger partial charge >= 0.3 is 0 Å². The second-order valence-electron chi connectivity index (χ2n) is 4.81. The van der Waals surface area contributed by atoms with Gasteiger partial charge in [0.15, 0.2) is 5.13 Å². The molecule has 2 aliphatic rings. The number of nitrogens with one attached hydrogen (secondary N) is 1. The van der Waals surface area contributed by atoms with Gasteiger partial charge < -0.3 is 10.2 Å². The highest BCUT2D eigenvalue weighted by Gasteiger charge is 2.28. The van der Waals surface area contributed by atoms with E-state index in [0.717, 1.165) is 25.6 Å². The minimum Gasteiger partial charge on any atom is -0.346 e. The summed E-state index contributed by atoms with van der Waals surface area (Å²) in [5.41, 5.74) is 1.23. The maximum Gasteiger partial charge on any atom is 0.185 e. The zero-order valence-corrected chi connectivity index (χ0v) is 11.2. The average Bonchev–Trinajstić information content (AvgIpc) is 2.76. The zero-order chi connectivity index (χ0) is 11.7. The van der Waals surface area contributed by atoms with E-state index >= 15 is 0 Å². The number of hydrogen-bond acceptors (Lipinski definition) is 5. The van der Waals surface area contributed by atoms with Crippen LogP contribution in [0.3, 0.4) is 0 Å². The second kappa shape index (κ2) is 4.92. The topological polar surface area (TPSA) is 31.4 Å². The number of nitrogens with zero attached hydrogens (tertiary/aromatic N) is 3. The van der Waals surface area contributed by atoms with Crippen molar-refractivity contribution in [2.24, 2.45) is 0 Å². The SMILES string of the molecule is CCc1csc(N2CCN(C3CNC3)CC2)n1. The quantitative estimate of drug-likeness (QED) is 0.862. The lowest BCUT2D eigenvalue weighted by atomic mass is 10.1. The standard InChI is InChI=1S/C12H20N4S/c1-2-10-9-17-12(14-10)16-5-3-15(4-6-16)11-7-13-8-11/h9,11,13H,2-8H2,1H3. The molecule has 0 aromatic carbocycles. The summed E-state index contributed by atoms with van der Waals surface area (Å²) in [6.07, 6.45) is 1.05. The first kappa shape index (κ1) is 11.4. The fraction of sp³-hybridized carbons (Fsp3) is 0.750. The lowest BCUT2D eigenvalue weighted by molar-refractivity contribution is 0.138. The van der Waals surface area contributed by atoms with Crippen molar-refractivity contribution in [2.75, 3.05) is 44.2 Å². The van der Waals surface area contributed by atoms with E-state index in [4.69, 9.17) is 0 Å². The van der Waals surface area contributed by atoms with Crippen molar-refractivity contribution in [3.8, 4) is 0 Å². The Morgan fingerprint density at radius 3 is 2.65 bits per heavy atom. The van der Waals surface area contributed by atoms with Gasteiger partial charge in [0, 0.05) is 50.7 Å². The third kappa shape index (κ3) is 2.32. The first-order chi connectivity index (χ1) is 8.36. The van der Waals surface area contributed by atoms with Crippen LogP contribution in [-0.2, 0) is 6.42 Å². The van der Waals surface area contributed by atoms with Crippen LogP contribution >= 0.6 is 11.3 Å². The van der Waals surface area contributed by atoms with Crippen molar-refractivity contribution in [1.29, 1.82) is 0 Å². The normalized spacial score (nSPS) is 22.8. The van der Waals surface area contributed by atoms with Crippen LogP contribution in [0.4, 0.5) is 5.13 Å². The molecule has 3 heterocycles. The lowest BCUT2D eigenvalue weighted by Crippen LogP contribution is -2.61. The summed E-state index contributed by atoms with van der Waals surface area (Å²) in [6.45, 7) is 9.16. The van der Waals surface area contributed by atoms with E-state index in [2.05, 4.69) is 32.4 Å². The molecule has 0 bridgehead atoms. The first-order valence-electron chi connectivity index (χ1n) is 6.51. The maximum absolute atomic E-state index is 4.67. The highest BCUT2D eigenvalue weighted by Crippen LogP contribution is 2.22. The van der Waals surface area contributed by atoms with Gasteiger partial charge in [0.2, 0.25) is 0 Å². The molecule has 0 aliphatic carbocycles. The number of aromatic nitrogens is 1. The van der Waals surface area contributed by atoms with Crippen molar-refractivity contribution in [3.63, 3.8) is 0 Å². The Kier molecular flexibility index (Phi) is 3.31. The second-order valence-corrected chi connectivity index (χ2v) is 5.65. The molecule has 1 N–H and O–H groups in total. The van der Waals surface area contributed by atoms with Crippen LogP contribution in [-0.4, -0.2) is 55.2 Å². The summed E-state index contributed by atoms with van der Waals surface area (Å²) in [5.74, 6) is 0. The van der Waals surface area contributed by atoms with Crippen LogP contribution in [0.25, 0.3) is 0 Å². The molecule has 4 nitrogen and oxygen atoms in total. The number of hydrogen-bond donors (Lipinski definition) is 1. The van der Waals surface area contributed by atoms with Gasteiger partial charge in [0.25, 0.3) is 0 Å². The maximum atomic E-state index is 4.67. The molecule has 1 aromatic heterocycles. The Balaban J connectivity index is 1.56. The first-order valence-corrected chi connectivity index (χ1v) is 7.39. The fourth-order valence-corrected chi connectivity index (χ4v) is 3.38. The minimum absolute atomic E-state index is 0.791. The summed E-state index contributed by atoms with van der Waals surface area (Å²) in [5, 5.41) is 6.75. The molecule has 0 saturated carbocycles. The van der Waals surface area contributed by atoms with Crippen LogP contribution < -0.4 is 10.2 Å². The number of thiazole rings is 1. The Morgan fingerprint density at radius 1 is 1.35 bits per heavy atom. The summed E-state index contributed by atoms with van der Waals surface area (Å²) < 4.78 is 0. The van der Waals surface area contributed by atoms with Gasteiger partial charge in [-0.05, 0) is 6.42 Å². The Bertz CT molecular complexity index is 366. The van der Waals surface area contributed by atoms with Gasteiger partial charge in [-0.25, -0.2) is 4.98 Å². The minimum atomic E-state index is 0.791. The zero-order valence-electron chi connectivity index (χ0n) is 10.4. The lowest BCUT2D eigenvalue weighted by Gasteiger charge is -2.43. The summed E-state index contributed by atoms with van der Waals surface area (Å²) >= 11 is 1.79. The molecular formula is C12H20N4S. The molecular weight excluding hydrogens is 232 g/mol. The predicted molar refractivity (Wildman–Crippen MR) is 71.9 cm³/mol. The van der Waals surface area contributed by atoms with E-state index in [1.165, 1.54) is 37.0 Å². The van der Waals surface area contributed by atoms with E-state index in [-0.39, 0.29) is 0 Å². The van der Waals surface area contributed by atoms with Crippen LogP contribution in [0.2, 0.25) is 0 Å². The van der Waals surface area contributed by atoms with Crippen LogP contribution in [0.5, 0.6) is 0 Å². The van der Waals surface area contributed by atoms with E-state index in [1.807, 2.05) is 0 Å². The number of aryl methyl sites for hydroxylation is 1. The molecule has 0 unspecified atom stereocenters. The van der Waals surface area contributed by atoms with Gasteiger partial charge in [-0.15, -0.1) is 11.3 Å². The Labute approximate surface area is 107 Å². The Morgan fingerprint density at radius 2 is 2.12 bits per heavy atom. The van der Waals surface area contributed by atoms with Gasteiger partial charge in [-0.2, -0.15) is 0 Å². The van der Waals surface area contributed by atoms with Crippen molar-refractivity contribution >= 4 is 16.5 Å². The number of anilines is 1. The highest BCUT2D eigenvalue weighted by molar-refractivity contribution is 7.13. The third-order valence-electron chi connectivity index (χ3n) is 3.76. The molecule has 17 heavy (non-hydrogen) atoms. The van der Waals surface area contributed by atoms with E-state index < -0.39 is 0 Å². The molecule has 1 aromatic rings. The largest absolute Gasteiger partial charge is 0.346 e. The molecule has 2 aliphatic heterocycles. The highest BCUT2D eigenvalue weighted by atomic mass is 32.1. The molecule has 0 atom stereocenters. The van der Waals surface area contributed by atoms with E-state index in [0.29, 0.717) is 0 Å². The summed E-state index contributed by atoms with van der Waals surface area (Å²) in [7, 11) is 0. The monoisotopic (exact) mass is 252 g/mol. The molecule has 0 amide bonds. The summed E-state index contributed by atoms with van der Waals surface area (Å²) in [4.78, 5) is 9.72. The van der Waals surface area contributed by atoms with Crippen molar-refractivity contribution in [1.82, 2.24) is 15.2 Å². The number of piperazine rings is 1. The molecule has 0 radical (unpaired) electrons. The fourth-order valence-electron chi connectivity index (χ4n) is 2.41. The van der Waals surface area contributed by atoms with Gasteiger partial charge in [-0.1, -0.05) is 6.92 Å². The molecule has 2 fully saturated rings. The predicted octanol–water partition coefficient (Wildman–Crippen LogP) is 0.799. The number of rotatable bonds is 3. The van der Waals surface area contributed by atoms with Gasteiger partial charge in [0.1, 0.15) is 0 Å². The van der Waals surface area contributed by atoms with Crippen molar-refractivity contribution < 1.29 is 0 Å². The molecule has 5 heteroatoms. The Hall–Kier alpha value is -0.650. The van der Waals surface area contributed by atoms with Crippen molar-refractivity contribution in [2.45, 2.75) is 19.4 Å². The molecule has 3 rings (SSSR count). The van der Waals surface area contributed by atoms with Gasteiger partial charge in [-0.3, -0.25) is 4.90 Å². The smallest absolute Gasteiger partial charge is 0.185 e. The van der Waals surface area contributed by atoms with E-state index in [1.54, 1.807) is 11.3 Å². The van der Waals surface area contributed by atoms with Crippen LogP contribution in [0, 0.1) is 0 Å².